The van der Waals surface area contributed by atoms with Crippen molar-refractivity contribution in [2.45, 2.75) is 25.8 Å². The summed E-state index contributed by atoms with van der Waals surface area (Å²) in [7, 11) is 0. The fraction of sp³-hybridized carbons (Fsp3) is 0.400. The van der Waals surface area contributed by atoms with E-state index in [0.717, 1.165) is 12.8 Å². The van der Waals surface area contributed by atoms with E-state index in [1.54, 1.807) is 0 Å². The van der Waals surface area contributed by atoms with Gasteiger partial charge in [-0.15, -0.1) is 0 Å². The highest BCUT2D eigenvalue weighted by Crippen LogP contribution is 2.25. The summed E-state index contributed by atoms with van der Waals surface area (Å²) in [4.78, 5) is 28.5. The molecule has 3 rings (SSSR count). The minimum absolute atomic E-state index is 0.0569. The first-order valence-corrected chi connectivity index (χ1v) is 7.91. The molecule has 2 aromatic rings. The van der Waals surface area contributed by atoms with E-state index < -0.39 is 0 Å². The Morgan fingerprint density at radius 1 is 1.36 bits per heavy atom. The first-order valence-electron chi connectivity index (χ1n) is 7.15. The van der Waals surface area contributed by atoms with Gasteiger partial charge in [0, 0.05) is 11.6 Å². The number of amides is 1. The standard InChI is InChI=1S/C15H15Cl2N3O2/c16-10-4-11-14(12(17)5-10)19-8-20(15(11)22)7-13(21)18-6-9-2-1-3-9/h4-5,8-9H,1-3,6-7H2,(H,18,21). The third-order valence-electron chi connectivity index (χ3n) is 3.97. The second kappa shape index (κ2) is 6.26. The maximum Gasteiger partial charge on any atom is 0.261 e. The third-order valence-corrected chi connectivity index (χ3v) is 4.48. The number of aromatic nitrogens is 2. The van der Waals surface area contributed by atoms with Crippen LogP contribution in [-0.4, -0.2) is 22.0 Å². The summed E-state index contributed by atoms with van der Waals surface area (Å²) >= 11 is 11.9. The molecule has 0 aliphatic heterocycles. The normalized spacial score (nSPS) is 14.8. The van der Waals surface area contributed by atoms with Gasteiger partial charge in [0.05, 0.1) is 22.3 Å². The number of rotatable bonds is 4. The van der Waals surface area contributed by atoms with Crippen LogP contribution in [0.4, 0.5) is 0 Å². The predicted molar refractivity (Wildman–Crippen MR) is 86.4 cm³/mol. The zero-order valence-corrected chi connectivity index (χ0v) is 13.3. The second-order valence-electron chi connectivity index (χ2n) is 5.56. The summed E-state index contributed by atoms with van der Waals surface area (Å²) in [6, 6.07) is 3.05. The van der Waals surface area contributed by atoms with E-state index >= 15 is 0 Å². The van der Waals surface area contributed by atoms with Gasteiger partial charge in [0.2, 0.25) is 5.91 Å². The fourth-order valence-electron chi connectivity index (χ4n) is 2.47. The van der Waals surface area contributed by atoms with Gasteiger partial charge in [-0.05, 0) is 30.9 Å². The number of nitrogens with one attached hydrogen (secondary N) is 1. The molecule has 0 spiro atoms. The molecular weight excluding hydrogens is 325 g/mol. The van der Waals surface area contributed by atoms with Gasteiger partial charge < -0.3 is 5.32 Å². The highest BCUT2D eigenvalue weighted by atomic mass is 35.5. The molecule has 0 radical (unpaired) electrons. The molecule has 22 heavy (non-hydrogen) atoms. The molecule has 1 fully saturated rings. The van der Waals surface area contributed by atoms with Crippen LogP contribution in [0, 0.1) is 5.92 Å². The first kappa shape index (κ1) is 15.3. The zero-order chi connectivity index (χ0) is 15.7. The van der Waals surface area contributed by atoms with Gasteiger partial charge in [0.1, 0.15) is 6.54 Å². The van der Waals surface area contributed by atoms with Gasteiger partial charge in [0.15, 0.2) is 0 Å². The summed E-state index contributed by atoms with van der Waals surface area (Å²) in [6.45, 7) is 0.616. The van der Waals surface area contributed by atoms with Crippen LogP contribution in [0.2, 0.25) is 10.0 Å². The molecule has 1 aliphatic carbocycles. The van der Waals surface area contributed by atoms with Crippen molar-refractivity contribution < 1.29 is 4.79 Å². The molecule has 7 heteroatoms. The van der Waals surface area contributed by atoms with E-state index in [1.165, 1.54) is 29.4 Å². The lowest BCUT2D eigenvalue weighted by atomic mass is 9.85. The predicted octanol–water partition coefficient (Wildman–Crippen LogP) is 2.62. The van der Waals surface area contributed by atoms with Crippen LogP contribution in [0.1, 0.15) is 19.3 Å². The van der Waals surface area contributed by atoms with Crippen molar-refractivity contribution in [1.29, 1.82) is 0 Å². The molecular formula is C15H15Cl2N3O2. The molecule has 1 heterocycles. The molecule has 1 aromatic carbocycles. The summed E-state index contributed by atoms with van der Waals surface area (Å²) in [5.74, 6) is 0.385. The van der Waals surface area contributed by atoms with Gasteiger partial charge in [0.25, 0.3) is 5.56 Å². The van der Waals surface area contributed by atoms with Crippen LogP contribution in [0.5, 0.6) is 0 Å². The summed E-state index contributed by atoms with van der Waals surface area (Å²) in [6.07, 6.45) is 4.90. The monoisotopic (exact) mass is 339 g/mol. The van der Waals surface area contributed by atoms with Crippen molar-refractivity contribution in [2.75, 3.05) is 6.54 Å². The summed E-state index contributed by atoms with van der Waals surface area (Å²) in [5.41, 5.74) is 0.0652. The Bertz CT molecular complexity index is 784. The maximum absolute atomic E-state index is 12.4. The summed E-state index contributed by atoms with van der Waals surface area (Å²) in [5, 5.41) is 3.85. The second-order valence-corrected chi connectivity index (χ2v) is 6.41. The topological polar surface area (TPSA) is 64.0 Å². The number of hydrogen-bond acceptors (Lipinski definition) is 3. The first-order chi connectivity index (χ1) is 10.5. The van der Waals surface area contributed by atoms with Crippen molar-refractivity contribution in [3.8, 4) is 0 Å². The fourth-order valence-corrected chi connectivity index (χ4v) is 3.02. The number of hydrogen-bond donors (Lipinski definition) is 1. The lowest BCUT2D eigenvalue weighted by Gasteiger charge is -2.25. The Balaban J connectivity index is 1.80. The minimum atomic E-state index is -0.326. The van der Waals surface area contributed by atoms with Gasteiger partial charge in [-0.25, -0.2) is 4.98 Å². The number of fused-ring (bicyclic) bond motifs is 1. The quantitative estimate of drug-likeness (QED) is 0.931. The average Bonchev–Trinajstić information content (AvgIpc) is 2.40. The molecule has 5 nitrogen and oxygen atoms in total. The molecule has 1 aliphatic rings. The van der Waals surface area contributed by atoms with E-state index in [1.807, 2.05) is 0 Å². The molecule has 0 atom stereocenters. The zero-order valence-electron chi connectivity index (χ0n) is 11.8. The van der Waals surface area contributed by atoms with Gasteiger partial charge in [-0.3, -0.25) is 14.2 Å². The highest BCUT2D eigenvalue weighted by molar-refractivity contribution is 6.38. The molecule has 1 aromatic heterocycles. The van der Waals surface area contributed by atoms with Crippen LogP contribution >= 0.6 is 23.2 Å². The third kappa shape index (κ3) is 3.10. The molecule has 0 unspecified atom stereocenters. The van der Waals surface area contributed by atoms with Crippen LogP contribution in [0.3, 0.4) is 0 Å². The number of nitrogens with zero attached hydrogens (tertiary/aromatic N) is 2. The minimum Gasteiger partial charge on any atom is -0.354 e. The maximum atomic E-state index is 12.4. The SMILES string of the molecule is O=C(Cn1cnc2c(Cl)cc(Cl)cc2c1=O)NCC1CCC1. The Morgan fingerprint density at radius 2 is 2.14 bits per heavy atom. The number of carbonyl (C=O) groups is 1. The smallest absolute Gasteiger partial charge is 0.261 e. The molecule has 116 valence electrons. The number of benzene rings is 1. The van der Waals surface area contributed by atoms with Crippen LogP contribution in [0.25, 0.3) is 10.9 Å². The van der Waals surface area contributed by atoms with Crippen molar-refractivity contribution in [3.05, 3.63) is 38.9 Å². The molecule has 0 bridgehead atoms. The lowest BCUT2D eigenvalue weighted by Crippen LogP contribution is -2.36. The van der Waals surface area contributed by atoms with Crippen LogP contribution in [-0.2, 0) is 11.3 Å². The van der Waals surface area contributed by atoms with E-state index in [9.17, 15) is 9.59 Å². The molecule has 1 N–H and O–H groups in total. The summed E-state index contributed by atoms with van der Waals surface area (Å²) < 4.78 is 1.27. The van der Waals surface area contributed by atoms with E-state index in [4.69, 9.17) is 23.2 Å². The van der Waals surface area contributed by atoms with Gasteiger partial charge in [-0.2, -0.15) is 0 Å². The van der Waals surface area contributed by atoms with Gasteiger partial charge in [-0.1, -0.05) is 29.6 Å². The molecule has 1 amide bonds. The van der Waals surface area contributed by atoms with Crippen LogP contribution < -0.4 is 10.9 Å². The lowest BCUT2D eigenvalue weighted by molar-refractivity contribution is -0.122. The van der Waals surface area contributed by atoms with Crippen molar-refractivity contribution in [3.63, 3.8) is 0 Å². The average molecular weight is 340 g/mol. The Morgan fingerprint density at radius 3 is 2.82 bits per heavy atom. The van der Waals surface area contributed by atoms with Crippen molar-refractivity contribution in [2.24, 2.45) is 5.92 Å². The van der Waals surface area contributed by atoms with Crippen molar-refractivity contribution in [1.82, 2.24) is 14.9 Å². The highest BCUT2D eigenvalue weighted by Gasteiger charge is 2.18. The van der Waals surface area contributed by atoms with E-state index in [2.05, 4.69) is 10.3 Å². The van der Waals surface area contributed by atoms with Crippen molar-refractivity contribution >= 4 is 40.0 Å². The van der Waals surface area contributed by atoms with Gasteiger partial charge >= 0.3 is 0 Å². The number of halogens is 2. The molecule has 1 saturated carbocycles. The van der Waals surface area contributed by atoms with E-state index in [-0.39, 0.29) is 18.0 Å². The Hall–Kier alpha value is -1.59. The Labute approximate surface area is 137 Å². The van der Waals surface area contributed by atoms with E-state index in [0.29, 0.717) is 33.4 Å². The molecule has 0 saturated heterocycles. The number of carbonyl (C=O) groups excluding carboxylic acids is 1. The Kier molecular flexibility index (Phi) is 4.36. The largest absolute Gasteiger partial charge is 0.354 e. The van der Waals surface area contributed by atoms with Crippen LogP contribution in [0.15, 0.2) is 23.3 Å².